The Morgan fingerprint density at radius 1 is 0.387 bits per heavy atom. The molecule has 0 saturated carbocycles. The number of para-hydroxylation sites is 3. The predicted octanol–water partition coefficient (Wildman–Crippen LogP) is 13.5. The summed E-state index contributed by atoms with van der Waals surface area (Å²) in [4.78, 5) is 7.57. The number of aliphatic imine (C=N–C) groups is 1. The predicted molar refractivity (Wildman–Crippen MR) is 254 cm³/mol. The van der Waals surface area contributed by atoms with Gasteiger partial charge in [0.1, 0.15) is 18.2 Å². The fourth-order valence-electron chi connectivity index (χ4n) is 10.2. The van der Waals surface area contributed by atoms with Crippen molar-refractivity contribution in [1.29, 1.82) is 0 Å². The molecule has 0 saturated heterocycles. The first-order valence-electron chi connectivity index (χ1n) is 21.4. The van der Waals surface area contributed by atoms with Gasteiger partial charge in [0.05, 0.1) is 16.8 Å². The van der Waals surface area contributed by atoms with Gasteiger partial charge in [-0.3, -0.25) is 5.32 Å². The van der Waals surface area contributed by atoms with Gasteiger partial charge in [0.15, 0.2) is 0 Å². The maximum Gasteiger partial charge on any atom is 0.131 e. The summed E-state index contributed by atoms with van der Waals surface area (Å²) in [7, 11) is 0. The van der Waals surface area contributed by atoms with Crippen molar-refractivity contribution in [3.63, 3.8) is 0 Å². The van der Waals surface area contributed by atoms with Crippen molar-refractivity contribution in [1.82, 2.24) is 10.6 Å². The molecule has 2 atom stereocenters. The minimum absolute atomic E-state index is 0.148. The van der Waals surface area contributed by atoms with E-state index in [1.54, 1.807) is 0 Å². The van der Waals surface area contributed by atoms with Gasteiger partial charge in [0.25, 0.3) is 0 Å². The molecule has 0 bridgehead atoms. The Morgan fingerprint density at radius 3 is 1.61 bits per heavy atom. The van der Waals surface area contributed by atoms with Crippen LogP contribution in [-0.2, 0) is 5.41 Å². The van der Waals surface area contributed by atoms with Crippen LogP contribution in [0.1, 0.15) is 51.3 Å². The lowest BCUT2D eigenvalue weighted by Gasteiger charge is -2.45. The van der Waals surface area contributed by atoms with Gasteiger partial charge in [-0.25, -0.2) is 4.99 Å². The summed E-state index contributed by atoms with van der Waals surface area (Å²) in [5.41, 5.74) is 18.9. The lowest BCUT2D eigenvalue weighted by atomic mass is 9.64. The highest BCUT2D eigenvalue weighted by Gasteiger charge is 2.51. The lowest BCUT2D eigenvalue weighted by Crippen LogP contribution is -2.44. The topological polar surface area (TPSA) is 39.7 Å². The molecule has 0 fully saturated rings. The zero-order valence-electron chi connectivity index (χ0n) is 34.0. The number of rotatable bonds is 6. The Balaban J connectivity index is 0.955. The Hall–Kier alpha value is -7.79. The normalized spacial score (nSPS) is 16.6. The molecular formula is C58H42N4. The van der Waals surface area contributed by atoms with Crippen LogP contribution in [0.25, 0.3) is 33.4 Å². The fourth-order valence-corrected chi connectivity index (χ4v) is 10.2. The summed E-state index contributed by atoms with van der Waals surface area (Å²) in [5.74, 6) is 0.878. The Labute approximate surface area is 362 Å². The van der Waals surface area contributed by atoms with Crippen LogP contribution in [0.4, 0.5) is 17.1 Å². The van der Waals surface area contributed by atoms with Crippen molar-refractivity contribution in [2.75, 3.05) is 4.90 Å². The third-order valence-corrected chi connectivity index (χ3v) is 12.9. The fraction of sp³-hybridized carbons (Fsp3) is 0.0517. The third kappa shape index (κ3) is 5.76. The van der Waals surface area contributed by atoms with E-state index in [9.17, 15) is 0 Å². The number of fused-ring (bicyclic) bond motifs is 9. The van der Waals surface area contributed by atoms with Crippen molar-refractivity contribution in [2.45, 2.75) is 17.7 Å². The van der Waals surface area contributed by atoms with Crippen molar-refractivity contribution in [2.24, 2.45) is 4.99 Å². The average Bonchev–Trinajstić information content (AvgIpc) is 3.65. The van der Waals surface area contributed by atoms with E-state index in [2.05, 4.69) is 240 Å². The van der Waals surface area contributed by atoms with Gasteiger partial charge < -0.3 is 10.2 Å². The standard InChI is InChI=1S/C58H42N4/c1-4-18-39(19-5-1)55-59-56(40-20-6-2-7-21-40)61-57(60-55)45-25-17-24-43(37-45)41-22-16-23-42(36-41)44-34-35-48-47-28-10-11-29-49(47)58(52(48)38-44)50-30-12-14-32-53(50)62(46-26-8-3-9-27-46)54-33-15-13-31-51(54)58/h1-38,55,57,60H,(H,59,61). The van der Waals surface area contributed by atoms with Gasteiger partial charge in [-0.05, 0) is 109 Å². The van der Waals surface area contributed by atoms with E-state index in [1.807, 2.05) is 6.07 Å². The molecule has 2 aliphatic heterocycles. The van der Waals surface area contributed by atoms with Crippen LogP contribution >= 0.6 is 0 Å². The van der Waals surface area contributed by atoms with E-state index in [0.29, 0.717) is 0 Å². The maximum atomic E-state index is 5.13. The van der Waals surface area contributed by atoms with Crippen LogP contribution in [0.2, 0.25) is 0 Å². The van der Waals surface area contributed by atoms with Crippen LogP contribution in [0.5, 0.6) is 0 Å². The second-order valence-corrected chi connectivity index (χ2v) is 16.4. The van der Waals surface area contributed by atoms with E-state index < -0.39 is 5.41 Å². The summed E-state index contributed by atoms with van der Waals surface area (Å²) in [6.45, 7) is 0. The number of nitrogens with zero attached hydrogens (tertiary/aromatic N) is 2. The Bertz CT molecular complexity index is 3110. The monoisotopic (exact) mass is 794 g/mol. The molecule has 9 aromatic carbocycles. The zero-order valence-corrected chi connectivity index (χ0v) is 34.0. The molecule has 294 valence electrons. The summed E-state index contributed by atoms with van der Waals surface area (Å²) in [6.07, 6.45) is -0.340. The molecule has 3 aliphatic rings. The molecule has 1 spiro atoms. The largest absolute Gasteiger partial charge is 0.350 e. The second-order valence-electron chi connectivity index (χ2n) is 16.4. The van der Waals surface area contributed by atoms with Gasteiger partial charge in [-0.2, -0.15) is 0 Å². The van der Waals surface area contributed by atoms with Crippen LogP contribution in [-0.4, -0.2) is 5.84 Å². The summed E-state index contributed by atoms with van der Waals surface area (Å²) < 4.78 is 0. The minimum Gasteiger partial charge on any atom is -0.350 e. The van der Waals surface area contributed by atoms with Gasteiger partial charge in [-0.1, -0.05) is 188 Å². The highest BCUT2D eigenvalue weighted by molar-refractivity contribution is 6.00. The van der Waals surface area contributed by atoms with E-state index in [4.69, 9.17) is 4.99 Å². The molecule has 1 aliphatic carbocycles. The van der Waals surface area contributed by atoms with Crippen LogP contribution in [0, 0.1) is 0 Å². The first-order chi connectivity index (χ1) is 30.7. The van der Waals surface area contributed by atoms with E-state index >= 15 is 0 Å². The maximum absolute atomic E-state index is 5.13. The number of hydrogen-bond acceptors (Lipinski definition) is 4. The van der Waals surface area contributed by atoms with Crippen molar-refractivity contribution < 1.29 is 0 Å². The van der Waals surface area contributed by atoms with Crippen molar-refractivity contribution >= 4 is 22.9 Å². The molecule has 0 amide bonds. The molecule has 62 heavy (non-hydrogen) atoms. The summed E-state index contributed by atoms with van der Waals surface area (Å²) in [6, 6.07) is 83.8. The number of anilines is 3. The highest BCUT2D eigenvalue weighted by atomic mass is 15.3. The molecular weight excluding hydrogens is 753 g/mol. The van der Waals surface area contributed by atoms with Gasteiger partial charge in [0.2, 0.25) is 0 Å². The number of benzene rings is 9. The number of nitrogens with one attached hydrogen (secondary N) is 2. The number of hydrogen-bond donors (Lipinski definition) is 2. The molecule has 12 rings (SSSR count). The first kappa shape index (κ1) is 36.1. The van der Waals surface area contributed by atoms with E-state index in [1.165, 1.54) is 61.4 Å². The SMILES string of the molecule is c1ccc(C2=NC(c3ccccc3)NC(c3cccc(-c4cccc(-c5ccc6c(c5)C5(c7ccccc7-6)c6ccccc6N(c6ccccc6)c6ccccc65)c4)c3)N2)cc1. The minimum atomic E-state index is -0.508. The molecule has 2 heterocycles. The van der Waals surface area contributed by atoms with Crippen LogP contribution in [0.15, 0.2) is 236 Å². The highest BCUT2D eigenvalue weighted by Crippen LogP contribution is 2.63. The molecule has 2 unspecified atom stereocenters. The average molecular weight is 795 g/mol. The molecule has 0 radical (unpaired) electrons. The third-order valence-electron chi connectivity index (χ3n) is 12.9. The smallest absolute Gasteiger partial charge is 0.131 e. The van der Waals surface area contributed by atoms with Crippen molar-refractivity contribution in [3.8, 4) is 33.4 Å². The molecule has 9 aromatic rings. The Kier molecular flexibility index (Phi) is 8.58. The molecule has 0 aromatic heterocycles. The molecule has 2 N–H and O–H groups in total. The summed E-state index contributed by atoms with van der Waals surface area (Å²) in [5, 5.41) is 7.51. The van der Waals surface area contributed by atoms with E-state index in [-0.39, 0.29) is 12.3 Å². The zero-order chi connectivity index (χ0) is 41.0. The quantitative estimate of drug-likeness (QED) is 0.176. The van der Waals surface area contributed by atoms with Gasteiger partial charge >= 0.3 is 0 Å². The van der Waals surface area contributed by atoms with Gasteiger partial charge in [0, 0.05) is 11.3 Å². The van der Waals surface area contributed by atoms with Crippen LogP contribution in [0.3, 0.4) is 0 Å². The van der Waals surface area contributed by atoms with Crippen molar-refractivity contribution in [3.05, 3.63) is 269 Å². The number of amidine groups is 1. The molecule has 4 nitrogen and oxygen atoms in total. The summed E-state index contributed by atoms with van der Waals surface area (Å²) >= 11 is 0. The lowest BCUT2D eigenvalue weighted by molar-refractivity contribution is 0.409. The Morgan fingerprint density at radius 2 is 0.903 bits per heavy atom. The van der Waals surface area contributed by atoms with E-state index in [0.717, 1.165) is 33.8 Å². The first-order valence-corrected chi connectivity index (χ1v) is 21.4. The molecule has 4 heteroatoms. The van der Waals surface area contributed by atoms with Crippen LogP contribution < -0.4 is 15.5 Å². The second kappa shape index (κ2) is 14.7. The van der Waals surface area contributed by atoms with Gasteiger partial charge in [-0.15, -0.1) is 0 Å².